The number of rotatable bonds is 3. The molecule has 0 atom stereocenters. The van der Waals surface area contributed by atoms with E-state index in [2.05, 4.69) is 15.6 Å². The largest absolute Gasteiger partial charge is 0.327 e. The third kappa shape index (κ3) is 2.96. The van der Waals surface area contributed by atoms with E-state index in [9.17, 15) is 0 Å². The summed E-state index contributed by atoms with van der Waals surface area (Å²) in [6, 6.07) is 17.3. The predicted molar refractivity (Wildman–Crippen MR) is 82.9 cm³/mol. The Morgan fingerprint density at radius 2 is 1.95 bits per heavy atom. The Kier molecular flexibility index (Phi) is 3.72. The molecule has 4 heteroatoms. The third-order valence-corrected chi connectivity index (χ3v) is 3.47. The molecule has 3 nitrogen and oxygen atoms in total. The normalized spacial score (nSPS) is 10.3. The van der Waals surface area contributed by atoms with E-state index < -0.39 is 0 Å². The third-order valence-electron chi connectivity index (χ3n) is 3.23. The number of halogens is 1. The van der Waals surface area contributed by atoms with Crippen LogP contribution in [-0.4, -0.2) is 9.55 Å². The zero-order chi connectivity index (χ0) is 14.7. The SMILES string of the molecule is N#Cc1ccc(Cn2ccnc2-c2cccc(Cl)c2)cc1. The van der Waals surface area contributed by atoms with Crippen LogP contribution in [0.25, 0.3) is 11.4 Å². The van der Waals surface area contributed by atoms with Crippen molar-refractivity contribution in [3.05, 3.63) is 77.1 Å². The highest BCUT2D eigenvalue weighted by atomic mass is 35.5. The lowest BCUT2D eigenvalue weighted by atomic mass is 10.1. The van der Waals surface area contributed by atoms with Gasteiger partial charge in [-0.25, -0.2) is 4.98 Å². The fourth-order valence-corrected chi connectivity index (χ4v) is 2.40. The maximum absolute atomic E-state index is 8.83. The Morgan fingerprint density at radius 1 is 1.14 bits per heavy atom. The average Bonchev–Trinajstić information content (AvgIpc) is 2.96. The van der Waals surface area contributed by atoms with Crippen LogP contribution < -0.4 is 0 Å². The summed E-state index contributed by atoms with van der Waals surface area (Å²) in [4.78, 5) is 4.41. The molecule has 2 aromatic carbocycles. The molecule has 0 aliphatic heterocycles. The van der Waals surface area contributed by atoms with Crippen LogP contribution in [0.15, 0.2) is 60.9 Å². The van der Waals surface area contributed by atoms with E-state index in [0.717, 1.165) is 17.0 Å². The molecule has 3 rings (SSSR count). The first-order valence-electron chi connectivity index (χ1n) is 6.52. The molecule has 0 N–H and O–H groups in total. The van der Waals surface area contributed by atoms with Crippen molar-refractivity contribution < 1.29 is 0 Å². The topological polar surface area (TPSA) is 41.6 Å². The van der Waals surface area contributed by atoms with E-state index in [-0.39, 0.29) is 0 Å². The number of hydrogen-bond acceptors (Lipinski definition) is 2. The lowest BCUT2D eigenvalue weighted by Crippen LogP contribution is -2.01. The van der Waals surface area contributed by atoms with Crippen LogP contribution in [0, 0.1) is 11.3 Å². The molecule has 0 fully saturated rings. The van der Waals surface area contributed by atoms with Crippen molar-refractivity contribution >= 4 is 11.6 Å². The van der Waals surface area contributed by atoms with Crippen molar-refractivity contribution in [3.8, 4) is 17.5 Å². The van der Waals surface area contributed by atoms with Gasteiger partial charge in [-0.3, -0.25) is 0 Å². The second kappa shape index (κ2) is 5.82. The number of nitriles is 1. The van der Waals surface area contributed by atoms with E-state index in [1.54, 1.807) is 6.20 Å². The molecule has 1 heterocycles. The molecule has 102 valence electrons. The Morgan fingerprint density at radius 3 is 2.67 bits per heavy atom. The van der Waals surface area contributed by atoms with Gasteiger partial charge in [-0.1, -0.05) is 35.9 Å². The van der Waals surface area contributed by atoms with Gasteiger partial charge >= 0.3 is 0 Å². The van der Waals surface area contributed by atoms with Crippen molar-refractivity contribution in [3.63, 3.8) is 0 Å². The van der Waals surface area contributed by atoms with E-state index in [1.165, 1.54) is 0 Å². The summed E-state index contributed by atoms with van der Waals surface area (Å²) in [7, 11) is 0. The van der Waals surface area contributed by atoms with Gasteiger partial charge in [0.15, 0.2) is 0 Å². The standard InChI is InChI=1S/C17H12ClN3/c18-16-3-1-2-15(10-16)17-20-8-9-21(17)12-14-6-4-13(11-19)5-7-14/h1-10H,12H2. The highest BCUT2D eigenvalue weighted by molar-refractivity contribution is 6.30. The van der Waals surface area contributed by atoms with Crippen molar-refractivity contribution in [2.24, 2.45) is 0 Å². The monoisotopic (exact) mass is 293 g/mol. The van der Waals surface area contributed by atoms with Gasteiger partial charge < -0.3 is 4.57 Å². The molecule has 21 heavy (non-hydrogen) atoms. The quantitative estimate of drug-likeness (QED) is 0.729. The molecular formula is C17H12ClN3. The molecule has 3 aromatic rings. The van der Waals surface area contributed by atoms with E-state index >= 15 is 0 Å². The zero-order valence-corrected chi connectivity index (χ0v) is 12.0. The van der Waals surface area contributed by atoms with E-state index in [4.69, 9.17) is 16.9 Å². The van der Waals surface area contributed by atoms with Crippen LogP contribution in [-0.2, 0) is 6.54 Å². The van der Waals surface area contributed by atoms with Gasteiger partial charge in [0.25, 0.3) is 0 Å². The van der Waals surface area contributed by atoms with Crippen molar-refractivity contribution in [2.45, 2.75) is 6.54 Å². The second-order valence-electron chi connectivity index (χ2n) is 4.70. The summed E-state index contributed by atoms with van der Waals surface area (Å²) in [6.45, 7) is 0.702. The van der Waals surface area contributed by atoms with Crippen LogP contribution in [0.1, 0.15) is 11.1 Å². The first-order valence-corrected chi connectivity index (χ1v) is 6.90. The summed E-state index contributed by atoms with van der Waals surface area (Å²) in [5.41, 5.74) is 2.77. The van der Waals surface area contributed by atoms with Gasteiger partial charge in [0.05, 0.1) is 11.6 Å². The molecular weight excluding hydrogens is 282 g/mol. The minimum atomic E-state index is 0.666. The molecule has 0 unspecified atom stereocenters. The van der Waals surface area contributed by atoms with Crippen LogP contribution in [0.5, 0.6) is 0 Å². The fraction of sp³-hybridized carbons (Fsp3) is 0.0588. The Bertz CT molecular complexity index is 797. The van der Waals surface area contributed by atoms with Crippen LogP contribution in [0.2, 0.25) is 5.02 Å². The molecule has 0 radical (unpaired) electrons. The number of aromatic nitrogens is 2. The molecule has 0 amide bonds. The van der Waals surface area contributed by atoms with Gasteiger partial charge in [0.2, 0.25) is 0 Å². The number of hydrogen-bond donors (Lipinski definition) is 0. The molecule has 0 spiro atoms. The van der Waals surface area contributed by atoms with Crippen LogP contribution in [0.4, 0.5) is 0 Å². The number of imidazole rings is 1. The number of nitrogens with zero attached hydrogens (tertiary/aromatic N) is 3. The van der Waals surface area contributed by atoms with Crippen molar-refractivity contribution in [1.29, 1.82) is 5.26 Å². The second-order valence-corrected chi connectivity index (χ2v) is 5.13. The number of benzene rings is 2. The van der Waals surface area contributed by atoms with Gasteiger partial charge in [0, 0.05) is 29.5 Å². The lowest BCUT2D eigenvalue weighted by molar-refractivity contribution is 0.807. The highest BCUT2D eigenvalue weighted by Crippen LogP contribution is 2.22. The molecule has 1 aromatic heterocycles. The first-order chi connectivity index (χ1) is 10.3. The molecule has 0 aliphatic carbocycles. The molecule has 0 saturated carbocycles. The van der Waals surface area contributed by atoms with Gasteiger partial charge in [-0.2, -0.15) is 5.26 Å². The van der Waals surface area contributed by atoms with Crippen molar-refractivity contribution in [2.75, 3.05) is 0 Å². The van der Waals surface area contributed by atoms with Gasteiger partial charge in [-0.15, -0.1) is 0 Å². The summed E-state index contributed by atoms with van der Waals surface area (Å²) >= 11 is 6.04. The molecule has 0 bridgehead atoms. The van der Waals surface area contributed by atoms with Crippen molar-refractivity contribution in [1.82, 2.24) is 9.55 Å². The lowest BCUT2D eigenvalue weighted by Gasteiger charge is -2.08. The van der Waals surface area contributed by atoms with Crippen LogP contribution >= 0.6 is 11.6 Å². The Hall–Kier alpha value is -2.57. The predicted octanol–water partition coefficient (Wildman–Crippen LogP) is 4.12. The van der Waals surface area contributed by atoms with Crippen LogP contribution in [0.3, 0.4) is 0 Å². The van der Waals surface area contributed by atoms with E-state index in [0.29, 0.717) is 17.1 Å². The zero-order valence-electron chi connectivity index (χ0n) is 11.2. The smallest absolute Gasteiger partial charge is 0.140 e. The summed E-state index contributed by atoms with van der Waals surface area (Å²) in [5.74, 6) is 0.877. The van der Waals surface area contributed by atoms with E-state index in [1.807, 2.05) is 54.7 Å². The minimum absolute atomic E-state index is 0.666. The summed E-state index contributed by atoms with van der Waals surface area (Å²) in [6.07, 6.45) is 3.72. The van der Waals surface area contributed by atoms with Gasteiger partial charge in [0.1, 0.15) is 5.82 Å². The molecule has 0 aliphatic rings. The first kappa shape index (κ1) is 13.4. The highest BCUT2D eigenvalue weighted by Gasteiger charge is 2.07. The molecule has 0 saturated heterocycles. The fourth-order valence-electron chi connectivity index (χ4n) is 2.21. The Labute approximate surface area is 128 Å². The average molecular weight is 294 g/mol. The summed E-state index contributed by atoms with van der Waals surface area (Å²) in [5, 5.41) is 9.52. The maximum Gasteiger partial charge on any atom is 0.140 e. The maximum atomic E-state index is 8.83. The summed E-state index contributed by atoms with van der Waals surface area (Å²) < 4.78 is 2.06. The minimum Gasteiger partial charge on any atom is -0.327 e. The van der Waals surface area contributed by atoms with Gasteiger partial charge in [-0.05, 0) is 29.8 Å². The Balaban J connectivity index is 1.90.